The van der Waals surface area contributed by atoms with Gasteiger partial charge in [-0.1, -0.05) is 47.6 Å². The zero-order valence-electron chi connectivity index (χ0n) is 14.2. The number of carbonyl (C=O) groups excluding carboxylic acids is 1. The summed E-state index contributed by atoms with van der Waals surface area (Å²) in [6.45, 7) is 1.82. The first-order chi connectivity index (χ1) is 13.0. The second-order valence-corrected chi connectivity index (χ2v) is 7.58. The number of anilines is 1. The first kappa shape index (κ1) is 17.8. The quantitative estimate of drug-likeness (QED) is 0.696. The number of hydrogen-bond acceptors (Lipinski definition) is 5. The molecule has 9 heteroatoms. The molecular weight excluding hydrogens is 389 g/mol. The molecule has 4 rings (SSSR count). The highest BCUT2D eigenvalue weighted by Gasteiger charge is 2.37. The van der Waals surface area contributed by atoms with Gasteiger partial charge in [0, 0.05) is 5.02 Å². The van der Waals surface area contributed by atoms with E-state index >= 15 is 0 Å². The number of nitrogens with zero attached hydrogens (tertiary/aromatic N) is 3. The van der Waals surface area contributed by atoms with E-state index in [0.29, 0.717) is 16.0 Å². The van der Waals surface area contributed by atoms with Gasteiger partial charge in [0.2, 0.25) is 11.1 Å². The van der Waals surface area contributed by atoms with E-state index in [1.165, 1.54) is 23.9 Å². The smallest absolute Gasteiger partial charge is 0.240 e. The van der Waals surface area contributed by atoms with E-state index in [0.717, 1.165) is 5.56 Å². The number of nitrogens with one attached hydrogen (secondary N) is 2. The van der Waals surface area contributed by atoms with Gasteiger partial charge in [-0.25, -0.2) is 9.07 Å². The Morgan fingerprint density at radius 3 is 2.70 bits per heavy atom. The van der Waals surface area contributed by atoms with Gasteiger partial charge in [-0.05, 0) is 36.8 Å². The first-order valence-corrected chi connectivity index (χ1v) is 9.45. The minimum absolute atomic E-state index is 0.140. The average molecular weight is 404 g/mol. The fourth-order valence-electron chi connectivity index (χ4n) is 2.85. The Balaban J connectivity index is 1.68. The highest BCUT2D eigenvalue weighted by atomic mass is 35.5. The van der Waals surface area contributed by atoms with E-state index in [1.54, 1.807) is 28.9 Å². The molecule has 0 fully saturated rings. The van der Waals surface area contributed by atoms with Gasteiger partial charge < -0.3 is 10.7 Å². The summed E-state index contributed by atoms with van der Waals surface area (Å²) >= 11 is 7.27. The normalized spacial score (nSPS) is 18.5. The van der Waals surface area contributed by atoms with Crippen LogP contribution in [0.2, 0.25) is 5.02 Å². The second-order valence-electron chi connectivity index (χ2n) is 6.03. The summed E-state index contributed by atoms with van der Waals surface area (Å²) in [6, 6.07) is 12.9. The molecule has 1 aliphatic rings. The third-order valence-corrected chi connectivity index (χ3v) is 5.68. The van der Waals surface area contributed by atoms with Crippen LogP contribution in [0.15, 0.2) is 53.7 Å². The minimum Gasteiger partial charge on any atom is -0.323 e. The molecule has 3 aromatic rings. The standard InChI is InChI=1S/C18H15ClFN5OS/c1-10-22-23-18-25(10)24-15(11-6-8-12(19)9-7-11)16(27-18)17(26)21-14-5-3-2-4-13(14)20/h2-9,15-16,24H,1H3,(H,21,26)/t15-,16-/m0/s1. The van der Waals surface area contributed by atoms with Gasteiger partial charge >= 0.3 is 0 Å². The molecule has 1 amide bonds. The Morgan fingerprint density at radius 1 is 1.22 bits per heavy atom. The summed E-state index contributed by atoms with van der Waals surface area (Å²) in [4.78, 5) is 13.0. The van der Waals surface area contributed by atoms with Crippen molar-refractivity contribution in [3.63, 3.8) is 0 Å². The Hall–Kier alpha value is -2.58. The van der Waals surface area contributed by atoms with E-state index in [4.69, 9.17) is 11.6 Å². The fourth-order valence-corrected chi connectivity index (χ4v) is 4.10. The highest BCUT2D eigenvalue weighted by molar-refractivity contribution is 8.00. The van der Waals surface area contributed by atoms with Gasteiger partial charge in [0.05, 0.1) is 11.7 Å². The average Bonchev–Trinajstić information content (AvgIpc) is 3.03. The lowest BCUT2D eigenvalue weighted by atomic mass is 10.0. The van der Waals surface area contributed by atoms with Gasteiger partial charge in [0.1, 0.15) is 16.9 Å². The van der Waals surface area contributed by atoms with E-state index < -0.39 is 11.1 Å². The van der Waals surface area contributed by atoms with Crippen LogP contribution in [-0.2, 0) is 4.79 Å². The lowest BCUT2D eigenvalue weighted by Gasteiger charge is -2.32. The Kier molecular flexibility index (Phi) is 4.75. The maximum absolute atomic E-state index is 13.9. The molecular formula is C18H15ClFN5OS. The predicted octanol–water partition coefficient (Wildman–Crippen LogP) is 3.78. The molecule has 2 heterocycles. The van der Waals surface area contributed by atoms with Crippen molar-refractivity contribution in [3.8, 4) is 0 Å². The first-order valence-electron chi connectivity index (χ1n) is 8.19. The largest absolute Gasteiger partial charge is 0.323 e. The molecule has 2 atom stereocenters. The SMILES string of the molecule is Cc1nnc2n1N[C@@H](c1ccc(Cl)cc1)[C@@H](C(=O)Nc1ccccc1F)S2. The second kappa shape index (κ2) is 7.21. The number of aromatic nitrogens is 3. The Labute approximate surface area is 164 Å². The van der Waals surface area contributed by atoms with Gasteiger partial charge in [0.25, 0.3) is 0 Å². The van der Waals surface area contributed by atoms with Crippen LogP contribution in [0.25, 0.3) is 0 Å². The van der Waals surface area contributed by atoms with Gasteiger partial charge in [-0.15, -0.1) is 10.2 Å². The summed E-state index contributed by atoms with van der Waals surface area (Å²) in [7, 11) is 0. The highest BCUT2D eigenvalue weighted by Crippen LogP contribution is 2.37. The van der Waals surface area contributed by atoms with Crippen molar-refractivity contribution >= 4 is 35.0 Å². The van der Waals surface area contributed by atoms with Crippen molar-refractivity contribution in [2.24, 2.45) is 0 Å². The van der Waals surface area contributed by atoms with E-state index in [-0.39, 0.29) is 17.6 Å². The molecule has 138 valence electrons. The molecule has 0 bridgehead atoms. The van der Waals surface area contributed by atoms with Crippen molar-refractivity contribution < 1.29 is 9.18 Å². The van der Waals surface area contributed by atoms with Crippen LogP contribution in [0.1, 0.15) is 17.4 Å². The molecule has 0 saturated carbocycles. The number of para-hydroxylation sites is 1. The van der Waals surface area contributed by atoms with Crippen molar-refractivity contribution in [3.05, 3.63) is 70.8 Å². The van der Waals surface area contributed by atoms with Gasteiger partial charge in [-0.3, -0.25) is 4.79 Å². The Morgan fingerprint density at radius 2 is 1.96 bits per heavy atom. The van der Waals surface area contributed by atoms with E-state index in [1.807, 2.05) is 19.1 Å². The molecule has 2 N–H and O–H groups in total. The summed E-state index contributed by atoms with van der Waals surface area (Å²) < 4.78 is 15.7. The molecule has 1 aromatic heterocycles. The summed E-state index contributed by atoms with van der Waals surface area (Å²) in [5, 5.41) is 11.4. The molecule has 0 radical (unpaired) electrons. The zero-order valence-corrected chi connectivity index (χ0v) is 15.8. The van der Waals surface area contributed by atoms with Gasteiger partial charge in [-0.2, -0.15) is 0 Å². The monoisotopic (exact) mass is 403 g/mol. The molecule has 0 aliphatic carbocycles. The number of hydrogen-bond donors (Lipinski definition) is 2. The number of halogens is 2. The molecule has 0 unspecified atom stereocenters. The Bertz CT molecular complexity index is 994. The number of thioether (sulfide) groups is 1. The van der Waals surface area contributed by atoms with Crippen molar-refractivity contribution in [1.82, 2.24) is 14.9 Å². The van der Waals surface area contributed by atoms with Crippen molar-refractivity contribution in [1.29, 1.82) is 0 Å². The molecule has 27 heavy (non-hydrogen) atoms. The van der Waals surface area contributed by atoms with Crippen LogP contribution in [0, 0.1) is 12.7 Å². The van der Waals surface area contributed by atoms with Crippen molar-refractivity contribution in [2.75, 3.05) is 10.7 Å². The van der Waals surface area contributed by atoms with Crippen LogP contribution < -0.4 is 10.7 Å². The van der Waals surface area contributed by atoms with Crippen LogP contribution in [0.4, 0.5) is 10.1 Å². The third-order valence-electron chi connectivity index (χ3n) is 4.22. The van der Waals surface area contributed by atoms with Crippen LogP contribution in [0.3, 0.4) is 0 Å². The number of carbonyl (C=O) groups is 1. The number of benzene rings is 2. The maximum Gasteiger partial charge on any atom is 0.240 e. The van der Waals surface area contributed by atoms with E-state index in [9.17, 15) is 9.18 Å². The molecule has 1 aliphatic heterocycles. The van der Waals surface area contributed by atoms with Crippen LogP contribution in [-0.4, -0.2) is 26.0 Å². The third kappa shape index (κ3) is 3.50. The molecule has 0 saturated heterocycles. The topological polar surface area (TPSA) is 71.8 Å². The summed E-state index contributed by atoms with van der Waals surface area (Å²) in [6.07, 6.45) is 0. The number of amides is 1. The number of aryl methyl sites for hydroxylation is 1. The van der Waals surface area contributed by atoms with E-state index in [2.05, 4.69) is 20.9 Å². The maximum atomic E-state index is 13.9. The number of rotatable bonds is 3. The molecule has 6 nitrogen and oxygen atoms in total. The summed E-state index contributed by atoms with van der Waals surface area (Å²) in [5.74, 6) is -0.129. The zero-order chi connectivity index (χ0) is 19.0. The molecule has 0 spiro atoms. The lowest BCUT2D eigenvalue weighted by Crippen LogP contribution is -2.41. The van der Waals surface area contributed by atoms with Crippen LogP contribution in [0.5, 0.6) is 0 Å². The molecule has 2 aromatic carbocycles. The minimum atomic E-state index is -0.582. The lowest BCUT2D eigenvalue weighted by molar-refractivity contribution is -0.116. The number of fused-ring (bicyclic) bond motifs is 1. The van der Waals surface area contributed by atoms with Gasteiger partial charge in [0.15, 0.2) is 0 Å². The van der Waals surface area contributed by atoms with Crippen molar-refractivity contribution in [2.45, 2.75) is 23.4 Å². The predicted molar refractivity (Wildman–Crippen MR) is 103 cm³/mol. The van der Waals surface area contributed by atoms with Crippen LogP contribution >= 0.6 is 23.4 Å². The fraction of sp³-hybridized carbons (Fsp3) is 0.167. The summed E-state index contributed by atoms with van der Waals surface area (Å²) in [5.41, 5.74) is 4.30.